The Hall–Kier alpha value is -1.27. The molecule has 0 spiro atoms. The van der Waals surface area contributed by atoms with Gasteiger partial charge in [0.1, 0.15) is 9.84 Å². The van der Waals surface area contributed by atoms with Gasteiger partial charge < -0.3 is 14.8 Å². The molecule has 1 aromatic rings. The van der Waals surface area contributed by atoms with E-state index in [4.69, 9.17) is 9.47 Å². The summed E-state index contributed by atoms with van der Waals surface area (Å²) < 4.78 is 32.6. The summed E-state index contributed by atoms with van der Waals surface area (Å²) in [5.41, 5.74) is 1.10. The highest BCUT2D eigenvalue weighted by atomic mass is 32.2. The van der Waals surface area contributed by atoms with Crippen LogP contribution in [0.2, 0.25) is 0 Å². The van der Waals surface area contributed by atoms with Gasteiger partial charge in [-0.1, -0.05) is 6.07 Å². The van der Waals surface area contributed by atoms with Crippen molar-refractivity contribution in [3.05, 3.63) is 23.8 Å². The van der Waals surface area contributed by atoms with E-state index in [1.54, 1.807) is 0 Å². The Morgan fingerprint density at radius 3 is 2.79 bits per heavy atom. The third-order valence-corrected chi connectivity index (χ3v) is 4.07. The highest BCUT2D eigenvalue weighted by Crippen LogP contribution is 2.34. The Bertz CT molecular complexity index is 542. The van der Waals surface area contributed by atoms with Gasteiger partial charge >= 0.3 is 0 Å². The fourth-order valence-corrected chi connectivity index (χ4v) is 2.62. The standard InChI is InChI=1S/C13H19NO4S/c1-10(14-6-3-7-19(2,15)16)11-4-5-12-13(8-11)18-9-17-12/h4-5,8,10,14H,3,6-7,9H2,1-2H3. The molecule has 2 rings (SSSR count). The number of hydrogen-bond donors (Lipinski definition) is 1. The number of nitrogens with one attached hydrogen (secondary N) is 1. The van der Waals surface area contributed by atoms with E-state index >= 15 is 0 Å². The van der Waals surface area contributed by atoms with Gasteiger partial charge in [-0.05, 0) is 37.6 Å². The van der Waals surface area contributed by atoms with Crippen LogP contribution in [0.3, 0.4) is 0 Å². The SMILES string of the molecule is CC(NCCCS(C)(=O)=O)c1ccc2c(c1)OCO2. The second-order valence-corrected chi connectivity index (χ2v) is 7.03. The number of ether oxygens (including phenoxy) is 2. The van der Waals surface area contributed by atoms with Crippen molar-refractivity contribution in [2.75, 3.05) is 25.3 Å². The molecule has 1 atom stereocenters. The molecular weight excluding hydrogens is 266 g/mol. The number of sulfone groups is 1. The summed E-state index contributed by atoms with van der Waals surface area (Å²) in [6.45, 7) is 2.98. The van der Waals surface area contributed by atoms with Crippen LogP contribution in [0.1, 0.15) is 24.9 Å². The predicted molar refractivity (Wildman–Crippen MR) is 73.3 cm³/mol. The lowest BCUT2D eigenvalue weighted by molar-refractivity contribution is 0.174. The minimum atomic E-state index is -2.87. The molecule has 5 nitrogen and oxygen atoms in total. The van der Waals surface area contributed by atoms with E-state index in [0.29, 0.717) is 13.0 Å². The highest BCUT2D eigenvalue weighted by Gasteiger charge is 2.15. The number of hydrogen-bond acceptors (Lipinski definition) is 5. The summed E-state index contributed by atoms with van der Waals surface area (Å²) in [4.78, 5) is 0. The molecule has 1 aliphatic rings. The van der Waals surface area contributed by atoms with Crippen LogP contribution in [0.15, 0.2) is 18.2 Å². The summed E-state index contributed by atoms with van der Waals surface area (Å²) in [6, 6.07) is 5.99. The van der Waals surface area contributed by atoms with Crippen LogP contribution < -0.4 is 14.8 Å². The molecule has 1 N–H and O–H groups in total. The summed E-state index contributed by atoms with van der Waals surface area (Å²) in [6.07, 6.45) is 1.88. The van der Waals surface area contributed by atoms with Gasteiger partial charge in [0, 0.05) is 12.3 Å². The maximum Gasteiger partial charge on any atom is 0.231 e. The van der Waals surface area contributed by atoms with Gasteiger partial charge in [-0.15, -0.1) is 0 Å². The third kappa shape index (κ3) is 4.11. The summed E-state index contributed by atoms with van der Waals surface area (Å²) >= 11 is 0. The van der Waals surface area contributed by atoms with Gasteiger partial charge in [-0.2, -0.15) is 0 Å². The lowest BCUT2D eigenvalue weighted by Crippen LogP contribution is -2.21. The van der Waals surface area contributed by atoms with Crippen LogP contribution in [0.4, 0.5) is 0 Å². The second-order valence-electron chi connectivity index (χ2n) is 4.77. The average Bonchev–Trinajstić information content (AvgIpc) is 2.80. The fourth-order valence-electron chi connectivity index (χ4n) is 1.95. The van der Waals surface area contributed by atoms with Crippen LogP contribution in [0.5, 0.6) is 11.5 Å². The molecule has 1 aliphatic heterocycles. The second kappa shape index (κ2) is 5.79. The predicted octanol–water partition coefficient (Wildman–Crippen LogP) is 1.50. The van der Waals surface area contributed by atoms with E-state index in [2.05, 4.69) is 5.32 Å². The Labute approximate surface area is 113 Å². The zero-order chi connectivity index (χ0) is 13.9. The maximum atomic E-state index is 11.0. The number of rotatable bonds is 6. The van der Waals surface area contributed by atoms with Crippen LogP contribution in [-0.2, 0) is 9.84 Å². The Morgan fingerprint density at radius 1 is 1.32 bits per heavy atom. The van der Waals surface area contributed by atoms with E-state index in [1.165, 1.54) is 6.26 Å². The molecule has 0 aliphatic carbocycles. The topological polar surface area (TPSA) is 64.6 Å². The Kier molecular flexibility index (Phi) is 4.31. The summed E-state index contributed by atoms with van der Waals surface area (Å²) in [5.74, 6) is 1.75. The van der Waals surface area contributed by atoms with Gasteiger partial charge in [-0.25, -0.2) is 8.42 Å². The van der Waals surface area contributed by atoms with Crippen molar-refractivity contribution in [1.29, 1.82) is 0 Å². The normalized spacial score (nSPS) is 15.5. The van der Waals surface area contributed by atoms with Crippen molar-refractivity contribution >= 4 is 9.84 Å². The van der Waals surface area contributed by atoms with Gasteiger partial charge in [0.15, 0.2) is 11.5 Å². The molecule has 1 unspecified atom stereocenters. The van der Waals surface area contributed by atoms with Crippen molar-refractivity contribution in [1.82, 2.24) is 5.32 Å². The molecule has 19 heavy (non-hydrogen) atoms. The molecule has 0 amide bonds. The van der Waals surface area contributed by atoms with E-state index in [9.17, 15) is 8.42 Å². The molecule has 0 bridgehead atoms. The highest BCUT2D eigenvalue weighted by molar-refractivity contribution is 7.90. The van der Waals surface area contributed by atoms with Crippen LogP contribution in [-0.4, -0.2) is 33.8 Å². The number of benzene rings is 1. The summed E-state index contributed by atoms with van der Waals surface area (Å²) in [5, 5.41) is 3.30. The lowest BCUT2D eigenvalue weighted by atomic mass is 10.1. The molecule has 0 saturated heterocycles. The molecule has 1 aromatic carbocycles. The molecule has 0 saturated carbocycles. The van der Waals surface area contributed by atoms with Crippen LogP contribution >= 0.6 is 0 Å². The summed E-state index contributed by atoms with van der Waals surface area (Å²) in [7, 11) is -2.87. The van der Waals surface area contributed by atoms with Crippen LogP contribution in [0.25, 0.3) is 0 Å². The van der Waals surface area contributed by atoms with Gasteiger partial charge in [0.2, 0.25) is 6.79 Å². The first kappa shape index (κ1) is 14.1. The van der Waals surface area contributed by atoms with Crippen molar-refractivity contribution in [3.63, 3.8) is 0 Å². The zero-order valence-corrected chi connectivity index (χ0v) is 12.0. The van der Waals surface area contributed by atoms with Crippen molar-refractivity contribution in [3.8, 4) is 11.5 Å². The first-order chi connectivity index (χ1) is 8.96. The first-order valence-electron chi connectivity index (χ1n) is 6.26. The Balaban J connectivity index is 1.85. The van der Waals surface area contributed by atoms with Crippen molar-refractivity contribution in [2.45, 2.75) is 19.4 Å². The smallest absolute Gasteiger partial charge is 0.231 e. The van der Waals surface area contributed by atoms with Gasteiger partial charge in [-0.3, -0.25) is 0 Å². The van der Waals surface area contributed by atoms with Gasteiger partial charge in [0.25, 0.3) is 0 Å². The maximum absolute atomic E-state index is 11.0. The minimum absolute atomic E-state index is 0.147. The van der Waals surface area contributed by atoms with Crippen LogP contribution in [0, 0.1) is 0 Å². The molecule has 0 aromatic heterocycles. The van der Waals surface area contributed by atoms with Crippen molar-refractivity contribution in [2.24, 2.45) is 0 Å². The zero-order valence-electron chi connectivity index (χ0n) is 11.2. The molecule has 0 radical (unpaired) electrons. The van der Waals surface area contributed by atoms with E-state index in [-0.39, 0.29) is 18.6 Å². The monoisotopic (exact) mass is 285 g/mol. The van der Waals surface area contributed by atoms with E-state index in [1.807, 2.05) is 25.1 Å². The quantitative estimate of drug-likeness (QED) is 0.802. The first-order valence-corrected chi connectivity index (χ1v) is 8.32. The fraction of sp³-hybridized carbons (Fsp3) is 0.538. The van der Waals surface area contributed by atoms with E-state index in [0.717, 1.165) is 17.1 Å². The van der Waals surface area contributed by atoms with Crippen molar-refractivity contribution < 1.29 is 17.9 Å². The molecular formula is C13H19NO4S. The largest absolute Gasteiger partial charge is 0.454 e. The third-order valence-electron chi connectivity index (χ3n) is 3.04. The number of fused-ring (bicyclic) bond motifs is 1. The minimum Gasteiger partial charge on any atom is -0.454 e. The average molecular weight is 285 g/mol. The molecule has 106 valence electrons. The lowest BCUT2D eigenvalue weighted by Gasteiger charge is -2.14. The molecule has 1 heterocycles. The molecule has 0 fully saturated rings. The van der Waals surface area contributed by atoms with Gasteiger partial charge in [0.05, 0.1) is 5.75 Å². The molecule has 6 heteroatoms. The van der Waals surface area contributed by atoms with E-state index < -0.39 is 9.84 Å². The Morgan fingerprint density at radius 2 is 2.05 bits per heavy atom.